The Morgan fingerprint density at radius 2 is 0.662 bits per heavy atom. The fraction of sp³-hybridized carbons (Fsp3) is 0.641. The minimum atomic E-state index is -0.888. The highest BCUT2D eigenvalue weighted by Gasteiger charge is 2.17. The summed E-state index contributed by atoms with van der Waals surface area (Å²) < 4.78 is 0. The Hall–Kier alpha value is -3.47. The SMILES string of the molecule is CC/C=C\C/C=C\C/C=C\C/C=C\C/C=C\C/C=C\C/C=C\C/C=C\CCCCCCCCC(=O)NC(CO)C(O)/C=C/CC/C=C/CC/C=C/CCCCCCCCCCCCCCCCC. The Morgan fingerprint density at radius 3 is 1.03 bits per heavy atom. The van der Waals surface area contributed by atoms with Gasteiger partial charge in [-0.15, -0.1) is 0 Å². The standard InChI is InChI=1S/C64H107NO3/c1-3-5-7-9-11-13-15-17-19-21-23-25-27-29-30-31-32-33-34-36-38-40-42-44-46-48-50-52-54-56-58-60-64(68)65-62(61-66)63(67)59-57-55-53-51-49-47-45-43-41-39-37-35-28-26-24-22-20-18-16-14-12-10-8-6-4-2/h5,7,11,13,17,19,23,25,29-30,32-33,36,38,41-44,49,51,57,59,62-63,66-67H,3-4,6,8-10,12,14-16,18,20-22,24,26-28,31,34-35,37,39-40,45-48,50,52-56,58,60-61H2,1-2H3,(H,65,68)/b7-5-,13-11-,19-17-,25-23-,30-29-,33-32-,38-36-,43-41+,44-42-,51-49+,59-57+. The Labute approximate surface area is 421 Å². The molecule has 68 heavy (non-hydrogen) atoms. The summed E-state index contributed by atoms with van der Waals surface area (Å²) in [7, 11) is 0. The minimum Gasteiger partial charge on any atom is -0.394 e. The fourth-order valence-electron chi connectivity index (χ4n) is 7.81. The van der Waals surface area contributed by atoms with Crippen LogP contribution in [0.25, 0.3) is 0 Å². The number of hydrogen-bond acceptors (Lipinski definition) is 3. The average Bonchev–Trinajstić information content (AvgIpc) is 3.34. The number of unbranched alkanes of at least 4 members (excludes halogenated alkanes) is 23. The Kier molecular flexibility index (Phi) is 54.9. The maximum Gasteiger partial charge on any atom is 0.220 e. The molecule has 0 aromatic carbocycles. The quantitative estimate of drug-likeness (QED) is 0.0420. The molecule has 0 bridgehead atoms. The van der Waals surface area contributed by atoms with E-state index < -0.39 is 12.1 Å². The largest absolute Gasteiger partial charge is 0.394 e. The summed E-state index contributed by atoms with van der Waals surface area (Å²) >= 11 is 0. The van der Waals surface area contributed by atoms with Crippen LogP contribution in [0.3, 0.4) is 0 Å². The molecule has 0 spiro atoms. The maximum absolute atomic E-state index is 12.5. The van der Waals surface area contributed by atoms with Gasteiger partial charge in [-0.1, -0.05) is 263 Å². The topological polar surface area (TPSA) is 69.6 Å². The van der Waals surface area contributed by atoms with Crippen molar-refractivity contribution in [3.05, 3.63) is 134 Å². The summed E-state index contributed by atoms with van der Waals surface area (Å²) in [4.78, 5) is 12.5. The molecule has 0 radical (unpaired) electrons. The number of aliphatic hydroxyl groups excluding tert-OH is 2. The van der Waals surface area contributed by atoms with E-state index in [1.165, 1.54) is 122 Å². The molecule has 2 atom stereocenters. The molecular formula is C64H107NO3. The van der Waals surface area contributed by atoms with Crippen LogP contribution < -0.4 is 5.32 Å². The van der Waals surface area contributed by atoms with Gasteiger partial charge < -0.3 is 15.5 Å². The smallest absolute Gasteiger partial charge is 0.220 e. The Bertz CT molecular complexity index is 1390. The molecule has 0 rings (SSSR count). The summed E-state index contributed by atoms with van der Waals surface area (Å²) in [6.45, 7) is 4.18. The molecule has 0 aromatic rings. The van der Waals surface area contributed by atoms with Crippen LogP contribution in [0.1, 0.15) is 245 Å². The molecule has 1 amide bonds. The van der Waals surface area contributed by atoms with Gasteiger partial charge in [-0.05, 0) is 109 Å². The van der Waals surface area contributed by atoms with E-state index in [9.17, 15) is 15.0 Å². The van der Waals surface area contributed by atoms with Gasteiger partial charge in [0.25, 0.3) is 0 Å². The molecule has 4 heteroatoms. The van der Waals surface area contributed by atoms with Crippen molar-refractivity contribution < 1.29 is 15.0 Å². The van der Waals surface area contributed by atoms with Crippen molar-refractivity contribution >= 4 is 5.91 Å². The van der Waals surface area contributed by atoms with E-state index in [0.717, 1.165) is 103 Å². The summed E-state index contributed by atoms with van der Waals surface area (Å²) in [5.41, 5.74) is 0. The van der Waals surface area contributed by atoms with E-state index >= 15 is 0 Å². The van der Waals surface area contributed by atoms with Gasteiger partial charge in [0.2, 0.25) is 5.91 Å². The Balaban J connectivity index is 3.69. The van der Waals surface area contributed by atoms with E-state index in [-0.39, 0.29) is 12.5 Å². The second-order valence-corrected chi connectivity index (χ2v) is 18.6. The first-order valence-electron chi connectivity index (χ1n) is 28.4. The van der Waals surface area contributed by atoms with Crippen molar-refractivity contribution in [2.24, 2.45) is 0 Å². The number of nitrogens with one attached hydrogen (secondary N) is 1. The van der Waals surface area contributed by atoms with Crippen LogP contribution in [-0.2, 0) is 4.79 Å². The number of carbonyl (C=O) groups excluding carboxylic acids is 1. The normalized spacial score (nSPS) is 13.9. The van der Waals surface area contributed by atoms with Gasteiger partial charge in [-0.25, -0.2) is 0 Å². The third-order valence-electron chi connectivity index (χ3n) is 12.1. The molecule has 2 unspecified atom stereocenters. The molecule has 3 N–H and O–H groups in total. The number of allylic oxidation sites excluding steroid dienone is 21. The van der Waals surface area contributed by atoms with Gasteiger partial charge >= 0.3 is 0 Å². The molecule has 0 saturated heterocycles. The van der Waals surface area contributed by atoms with Crippen molar-refractivity contribution in [1.82, 2.24) is 5.32 Å². The van der Waals surface area contributed by atoms with E-state index in [0.29, 0.717) is 6.42 Å². The highest BCUT2D eigenvalue weighted by Crippen LogP contribution is 2.15. The van der Waals surface area contributed by atoms with Crippen molar-refractivity contribution in [1.29, 1.82) is 0 Å². The summed E-state index contributed by atoms with van der Waals surface area (Å²) in [5, 5.41) is 23.1. The molecular weight excluding hydrogens is 831 g/mol. The number of carbonyl (C=O) groups is 1. The first kappa shape index (κ1) is 64.5. The lowest BCUT2D eigenvalue weighted by molar-refractivity contribution is -0.123. The van der Waals surface area contributed by atoms with Gasteiger partial charge in [-0.2, -0.15) is 0 Å². The van der Waals surface area contributed by atoms with Gasteiger partial charge in [-0.3, -0.25) is 4.79 Å². The lowest BCUT2D eigenvalue weighted by Gasteiger charge is -2.19. The molecule has 0 aliphatic heterocycles. The Morgan fingerprint density at radius 1 is 0.368 bits per heavy atom. The van der Waals surface area contributed by atoms with Crippen LogP contribution >= 0.6 is 0 Å². The molecule has 0 aromatic heterocycles. The van der Waals surface area contributed by atoms with Crippen molar-refractivity contribution in [2.45, 2.75) is 257 Å². The molecule has 0 heterocycles. The third-order valence-corrected chi connectivity index (χ3v) is 12.1. The zero-order valence-electron chi connectivity index (χ0n) is 44.3. The lowest BCUT2D eigenvalue weighted by atomic mass is 10.0. The molecule has 0 saturated carbocycles. The fourth-order valence-corrected chi connectivity index (χ4v) is 7.81. The van der Waals surface area contributed by atoms with E-state index in [4.69, 9.17) is 0 Å². The summed E-state index contributed by atoms with van der Waals surface area (Å²) in [5.74, 6) is -0.0974. The van der Waals surface area contributed by atoms with Gasteiger partial charge in [0.15, 0.2) is 0 Å². The molecule has 0 aliphatic carbocycles. The molecule has 386 valence electrons. The monoisotopic (exact) mass is 938 g/mol. The highest BCUT2D eigenvalue weighted by molar-refractivity contribution is 5.76. The minimum absolute atomic E-state index is 0.0974. The lowest BCUT2D eigenvalue weighted by Crippen LogP contribution is -2.45. The average molecular weight is 939 g/mol. The molecule has 0 aliphatic rings. The van der Waals surface area contributed by atoms with Crippen LogP contribution in [0, 0.1) is 0 Å². The molecule has 4 nitrogen and oxygen atoms in total. The number of amides is 1. The van der Waals surface area contributed by atoms with Crippen LogP contribution in [0.2, 0.25) is 0 Å². The highest BCUT2D eigenvalue weighted by atomic mass is 16.3. The zero-order valence-corrected chi connectivity index (χ0v) is 44.3. The number of hydrogen-bond donors (Lipinski definition) is 3. The van der Waals surface area contributed by atoms with Crippen LogP contribution in [-0.4, -0.2) is 34.9 Å². The van der Waals surface area contributed by atoms with E-state index in [1.54, 1.807) is 6.08 Å². The predicted octanol–water partition coefficient (Wildman–Crippen LogP) is 19.0. The number of aliphatic hydroxyl groups is 2. The first-order chi connectivity index (χ1) is 33.7. The molecule has 0 fully saturated rings. The third kappa shape index (κ3) is 53.5. The van der Waals surface area contributed by atoms with E-state index in [1.807, 2.05) is 6.08 Å². The van der Waals surface area contributed by atoms with Crippen molar-refractivity contribution in [2.75, 3.05) is 6.61 Å². The first-order valence-corrected chi connectivity index (χ1v) is 28.4. The van der Waals surface area contributed by atoms with Gasteiger partial charge in [0.1, 0.15) is 0 Å². The van der Waals surface area contributed by atoms with Crippen molar-refractivity contribution in [3.8, 4) is 0 Å². The zero-order chi connectivity index (χ0) is 49.2. The predicted molar refractivity (Wildman–Crippen MR) is 303 cm³/mol. The second kappa shape index (κ2) is 57.8. The van der Waals surface area contributed by atoms with Crippen LogP contribution in [0.5, 0.6) is 0 Å². The van der Waals surface area contributed by atoms with Gasteiger partial charge in [0, 0.05) is 6.42 Å². The second-order valence-electron chi connectivity index (χ2n) is 18.6. The summed E-state index contributed by atoms with van der Waals surface area (Å²) in [6, 6.07) is -0.665. The van der Waals surface area contributed by atoms with Crippen LogP contribution in [0.4, 0.5) is 0 Å². The van der Waals surface area contributed by atoms with Gasteiger partial charge in [0.05, 0.1) is 18.8 Å². The van der Waals surface area contributed by atoms with Crippen LogP contribution in [0.15, 0.2) is 134 Å². The summed E-state index contributed by atoms with van der Waals surface area (Å²) in [6.07, 6.45) is 90.3. The number of rotatable bonds is 50. The van der Waals surface area contributed by atoms with Crippen molar-refractivity contribution in [3.63, 3.8) is 0 Å². The van der Waals surface area contributed by atoms with E-state index in [2.05, 4.69) is 141 Å². The maximum atomic E-state index is 12.5.